The smallest absolute Gasteiger partial charge is 0.323 e. The van der Waals surface area contributed by atoms with Crippen molar-refractivity contribution < 1.29 is 9.90 Å². The van der Waals surface area contributed by atoms with E-state index in [9.17, 15) is 4.79 Å². The van der Waals surface area contributed by atoms with Gasteiger partial charge in [-0.15, -0.1) is 0 Å². The molecule has 0 heterocycles. The zero-order valence-corrected chi connectivity index (χ0v) is 8.60. The van der Waals surface area contributed by atoms with E-state index < -0.39 is 11.4 Å². The van der Waals surface area contributed by atoms with Crippen molar-refractivity contribution in [2.75, 3.05) is 0 Å². The zero-order chi connectivity index (χ0) is 11.3. The van der Waals surface area contributed by atoms with Crippen LogP contribution in [-0.4, -0.2) is 11.1 Å². The molecule has 0 fully saturated rings. The third-order valence-corrected chi connectivity index (χ3v) is 2.48. The molecule has 78 valence electrons. The average molecular weight is 203 g/mol. The lowest BCUT2D eigenvalue weighted by atomic mass is 9.86. The second kappa shape index (κ2) is 4.61. The quantitative estimate of drug-likeness (QED) is 0.816. The predicted octanol–water partition coefficient (Wildman–Crippen LogP) is 2.23. The van der Waals surface area contributed by atoms with Crippen molar-refractivity contribution in [2.24, 2.45) is 5.41 Å². The summed E-state index contributed by atoms with van der Waals surface area (Å²) < 4.78 is 0. The van der Waals surface area contributed by atoms with Gasteiger partial charge in [-0.05, 0) is 25.3 Å². The van der Waals surface area contributed by atoms with Crippen LogP contribution in [0.1, 0.15) is 18.9 Å². The molecule has 1 atom stereocenters. The van der Waals surface area contributed by atoms with Crippen LogP contribution in [0.2, 0.25) is 0 Å². The lowest BCUT2D eigenvalue weighted by molar-refractivity contribution is -0.145. The molecule has 0 aromatic heterocycles. The number of nitrogens with zero attached hydrogens (tertiary/aromatic N) is 1. The van der Waals surface area contributed by atoms with Crippen molar-refractivity contribution >= 4 is 5.97 Å². The number of carboxylic acids is 1. The number of carbonyl (C=O) groups is 1. The molecule has 0 spiro atoms. The third kappa shape index (κ3) is 2.81. The molecule has 15 heavy (non-hydrogen) atoms. The molecule has 0 aliphatic heterocycles. The highest BCUT2D eigenvalue weighted by Crippen LogP contribution is 2.22. The van der Waals surface area contributed by atoms with Gasteiger partial charge in [0.2, 0.25) is 0 Å². The highest BCUT2D eigenvalue weighted by atomic mass is 16.4. The van der Waals surface area contributed by atoms with Gasteiger partial charge in [-0.1, -0.05) is 30.3 Å². The largest absolute Gasteiger partial charge is 0.480 e. The van der Waals surface area contributed by atoms with E-state index in [1.807, 2.05) is 36.4 Å². The topological polar surface area (TPSA) is 61.1 Å². The summed E-state index contributed by atoms with van der Waals surface area (Å²) in [6.45, 7) is 1.46. The highest BCUT2D eigenvalue weighted by molar-refractivity contribution is 5.77. The number of hydrogen-bond acceptors (Lipinski definition) is 2. The van der Waals surface area contributed by atoms with Gasteiger partial charge >= 0.3 is 5.97 Å². The van der Waals surface area contributed by atoms with E-state index in [-0.39, 0.29) is 0 Å². The van der Waals surface area contributed by atoms with Crippen molar-refractivity contribution in [3.63, 3.8) is 0 Å². The number of rotatable bonds is 4. The van der Waals surface area contributed by atoms with Gasteiger partial charge in [-0.2, -0.15) is 5.26 Å². The van der Waals surface area contributed by atoms with E-state index in [2.05, 4.69) is 0 Å². The molecule has 0 aliphatic rings. The lowest BCUT2D eigenvalue weighted by Crippen LogP contribution is -2.26. The SMILES string of the molecule is CC(C#N)(CCc1ccccc1)C(=O)O. The molecule has 1 aromatic carbocycles. The summed E-state index contributed by atoms with van der Waals surface area (Å²) in [5.74, 6) is -1.05. The van der Waals surface area contributed by atoms with Crippen LogP contribution in [-0.2, 0) is 11.2 Å². The fourth-order valence-corrected chi connectivity index (χ4v) is 1.25. The summed E-state index contributed by atoms with van der Waals surface area (Å²) in [6.07, 6.45) is 0.944. The van der Waals surface area contributed by atoms with E-state index in [0.29, 0.717) is 12.8 Å². The Labute approximate surface area is 89.0 Å². The number of hydrogen-bond donors (Lipinski definition) is 1. The summed E-state index contributed by atoms with van der Waals surface area (Å²) >= 11 is 0. The monoisotopic (exact) mass is 203 g/mol. The predicted molar refractivity (Wildman–Crippen MR) is 56.1 cm³/mol. The van der Waals surface area contributed by atoms with Gasteiger partial charge in [0.25, 0.3) is 0 Å². The van der Waals surface area contributed by atoms with Gasteiger partial charge < -0.3 is 5.11 Å². The minimum atomic E-state index is -1.28. The number of carboxylic acid groups (broad SMARTS) is 1. The van der Waals surface area contributed by atoms with Crippen molar-refractivity contribution in [1.29, 1.82) is 5.26 Å². The average Bonchev–Trinajstić information content (AvgIpc) is 2.27. The van der Waals surface area contributed by atoms with Crippen LogP contribution in [0.4, 0.5) is 0 Å². The Morgan fingerprint density at radius 1 is 1.47 bits per heavy atom. The van der Waals surface area contributed by atoms with Crippen molar-refractivity contribution in [2.45, 2.75) is 19.8 Å². The molecule has 0 aliphatic carbocycles. The van der Waals surface area contributed by atoms with Gasteiger partial charge in [-0.25, -0.2) is 0 Å². The summed E-state index contributed by atoms with van der Waals surface area (Å²) in [5.41, 5.74) is -0.226. The summed E-state index contributed by atoms with van der Waals surface area (Å²) in [5, 5.41) is 17.7. The molecular weight excluding hydrogens is 190 g/mol. The van der Waals surface area contributed by atoms with Crippen LogP contribution in [0.25, 0.3) is 0 Å². The number of nitriles is 1. The lowest BCUT2D eigenvalue weighted by Gasteiger charge is -2.15. The molecule has 0 bridgehead atoms. The maximum absolute atomic E-state index is 10.9. The van der Waals surface area contributed by atoms with Gasteiger partial charge in [-0.3, -0.25) is 4.79 Å². The van der Waals surface area contributed by atoms with E-state index in [0.717, 1.165) is 5.56 Å². The Kier molecular flexibility index (Phi) is 3.46. The normalized spacial score (nSPS) is 13.9. The van der Waals surface area contributed by atoms with Crippen LogP contribution in [0.5, 0.6) is 0 Å². The molecule has 1 aromatic rings. The second-order valence-electron chi connectivity index (χ2n) is 3.73. The zero-order valence-electron chi connectivity index (χ0n) is 8.60. The Hall–Kier alpha value is -1.82. The maximum atomic E-state index is 10.9. The van der Waals surface area contributed by atoms with Gasteiger partial charge in [0, 0.05) is 0 Å². The van der Waals surface area contributed by atoms with Gasteiger partial charge in [0.1, 0.15) is 0 Å². The molecule has 1 unspecified atom stereocenters. The molecular formula is C12H13NO2. The van der Waals surface area contributed by atoms with Gasteiger partial charge in [0.05, 0.1) is 6.07 Å². The van der Waals surface area contributed by atoms with E-state index in [1.165, 1.54) is 6.92 Å². The first-order valence-corrected chi connectivity index (χ1v) is 4.77. The van der Waals surface area contributed by atoms with Crippen LogP contribution in [0, 0.1) is 16.7 Å². The van der Waals surface area contributed by atoms with Crippen molar-refractivity contribution in [3.8, 4) is 6.07 Å². The van der Waals surface area contributed by atoms with Crippen LogP contribution < -0.4 is 0 Å². The molecule has 3 nitrogen and oxygen atoms in total. The molecule has 1 rings (SSSR count). The third-order valence-electron chi connectivity index (χ3n) is 2.48. The Morgan fingerprint density at radius 3 is 2.53 bits per heavy atom. The molecule has 0 radical (unpaired) electrons. The Bertz CT molecular complexity index is 380. The second-order valence-corrected chi connectivity index (χ2v) is 3.73. The van der Waals surface area contributed by atoms with E-state index in [1.54, 1.807) is 0 Å². The van der Waals surface area contributed by atoms with Crippen LogP contribution >= 0.6 is 0 Å². The van der Waals surface area contributed by atoms with Crippen LogP contribution in [0.3, 0.4) is 0 Å². The minimum Gasteiger partial charge on any atom is -0.480 e. The molecule has 0 saturated carbocycles. The summed E-state index contributed by atoms with van der Waals surface area (Å²) in [6, 6.07) is 11.4. The van der Waals surface area contributed by atoms with Crippen molar-refractivity contribution in [3.05, 3.63) is 35.9 Å². The van der Waals surface area contributed by atoms with E-state index >= 15 is 0 Å². The standard InChI is InChI=1S/C12H13NO2/c1-12(9-13,11(14)15)8-7-10-5-3-2-4-6-10/h2-6H,7-8H2,1H3,(H,14,15). The minimum absolute atomic E-state index is 0.336. The summed E-state index contributed by atoms with van der Waals surface area (Å²) in [4.78, 5) is 10.9. The molecule has 0 amide bonds. The Morgan fingerprint density at radius 2 is 2.07 bits per heavy atom. The van der Waals surface area contributed by atoms with Gasteiger partial charge in [0.15, 0.2) is 5.41 Å². The summed E-state index contributed by atoms with van der Waals surface area (Å²) in [7, 11) is 0. The molecule has 0 saturated heterocycles. The number of aryl methyl sites for hydroxylation is 1. The first-order chi connectivity index (χ1) is 7.08. The first kappa shape index (κ1) is 11.3. The highest BCUT2D eigenvalue weighted by Gasteiger charge is 2.32. The fourth-order valence-electron chi connectivity index (χ4n) is 1.25. The van der Waals surface area contributed by atoms with E-state index in [4.69, 9.17) is 10.4 Å². The first-order valence-electron chi connectivity index (χ1n) is 4.77. The molecule has 1 N–H and O–H groups in total. The van der Waals surface area contributed by atoms with Crippen molar-refractivity contribution in [1.82, 2.24) is 0 Å². The maximum Gasteiger partial charge on any atom is 0.323 e. The number of benzene rings is 1. The van der Waals surface area contributed by atoms with Crippen LogP contribution in [0.15, 0.2) is 30.3 Å². The molecule has 3 heteroatoms. The number of aliphatic carboxylic acids is 1. The fraction of sp³-hybridized carbons (Fsp3) is 0.333. The Balaban J connectivity index is 2.65.